The van der Waals surface area contributed by atoms with Crippen LogP contribution in [0.1, 0.15) is 20.3 Å². The third-order valence-corrected chi connectivity index (χ3v) is 2.78. The molecule has 3 nitrogen and oxygen atoms in total. The topological polar surface area (TPSA) is 31.4 Å². The maximum absolute atomic E-state index is 9.22. The van der Waals surface area contributed by atoms with Crippen LogP contribution in [-0.2, 0) is 0 Å². The fourth-order valence-corrected chi connectivity index (χ4v) is 1.63. The van der Waals surface area contributed by atoms with Crippen molar-refractivity contribution in [3.63, 3.8) is 0 Å². The molecule has 0 fully saturated rings. The normalized spacial score (nSPS) is 12.3. The molecule has 0 aliphatic heterocycles. The second-order valence-electron chi connectivity index (χ2n) is 4.72. The highest BCUT2D eigenvalue weighted by atomic mass is 15.1. The SMILES string of the molecule is [C-]#[N+]C(C)(C)CC(C#N)N(C)c1ccccc1. The number of anilines is 1. The van der Waals surface area contributed by atoms with Crippen molar-refractivity contribution in [3.8, 4) is 6.07 Å². The number of nitriles is 1. The van der Waals surface area contributed by atoms with Crippen LogP contribution in [0.15, 0.2) is 30.3 Å². The van der Waals surface area contributed by atoms with Gasteiger partial charge in [-0.1, -0.05) is 18.2 Å². The van der Waals surface area contributed by atoms with Crippen molar-refractivity contribution in [1.29, 1.82) is 5.26 Å². The second kappa shape index (κ2) is 5.37. The molecule has 0 heterocycles. The Hall–Kier alpha value is -2.00. The summed E-state index contributed by atoms with van der Waals surface area (Å²) in [6.45, 7) is 10.8. The van der Waals surface area contributed by atoms with Gasteiger partial charge in [-0.25, -0.2) is 6.57 Å². The van der Waals surface area contributed by atoms with E-state index in [2.05, 4.69) is 10.9 Å². The minimum absolute atomic E-state index is 0.276. The monoisotopic (exact) mass is 227 g/mol. The van der Waals surface area contributed by atoms with E-state index < -0.39 is 5.54 Å². The number of hydrogen-bond donors (Lipinski definition) is 0. The van der Waals surface area contributed by atoms with E-state index in [1.807, 2.05) is 56.1 Å². The Labute approximate surface area is 103 Å². The van der Waals surface area contributed by atoms with E-state index in [1.54, 1.807) is 0 Å². The molecule has 1 aromatic carbocycles. The first-order chi connectivity index (χ1) is 8.00. The molecule has 17 heavy (non-hydrogen) atoms. The highest BCUT2D eigenvalue weighted by Gasteiger charge is 2.30. The van der Waals surface area contributed by atoms with E-state index in [-0.39, 0.29) is 6.04 Å². The Balaban J connectivity index is 2.84. The Morgan fingerprint density at radius 3 is 2.47 bits per heavy atom. The molecule has 0 amide bonds. The van der Waals surface area contributed by atoms with Gasteiger partial charge in [-0.05, 0) is 12.1 Å². The molecule has 88 valence electrons. The van der Waals surface area contributed by atoms with Crippen molar-refractivity contribution >= 4 is 5.69 Å². The van der Waals surface area contributed by atoms with Crippen LogP contribution in [0.3, 0.4) is 0 Å². The minimum Gasteiger partial charge on any atom is -0.359 e. The van der Waals surface area contributed by atoms with Crippen molar-refractivity contribution in [2.45, 2.75) is 31.8 Å². The van der Waals surface area contributed by atoms with Crippen LogP contribution >= 0.6 is 0 Å². The van der Waals surface area contributed by atoms with Crippen molar-refractivity contribution in [1.82, 2.24) is 0 Å². The van der Waals surface area contributed by atoms with E-state index in [4.69, 9.17) is 6.57 Å². The summed E-state index contributed by atoms with van der Waals surface area (Å²) in [5.74, 6) is 0. The van der Waals surface area contributed by atoms with Crippen LogP contribution in [0.2, 0.25) is 0 Å². The summed E-state index contributed by atoms with van der Waals surface area (Å²) in [6, 6.07) is 11.8. The van der Waals surface area contributed by atoms with E-state index >= 15 is 0 Å². The molecular formula is C14H17N3. The maximum atomic E-state index is 9.22. The Kier molecular flexibility index (Phi) is 4.12. The summed E-state index contributed by atoms with van der Waals surface area (Å²) < 4.78 is 0. The lowest BCUT2D eigenvalue weighted by atomic mass is 9.96. The maximum Gasteiger partial charge on any atom is 0.230 e. The number of hydrogen-bond acceptors (Lipinski definition) is 2. The van der Waals surface area contributed by atoms with Crippen LogP contribution in [0.25, 0.3) is 4.85 Å². The van der Waals surface area contributed by atoms with Gasteiger partial charge in [0.2, 0.25) is 5.54 Å². The molecule has 0 radical (unpaired) electrons. The zero-order chi connectivity index (χ0) is 12.9. The molecule has 1 rings (SSSR count). The summed E-state index contributed by atoms with van der Waals surface area (Å²) in [6.07, 6.45) is 0.540. The van der Waals surface area contributed by atoms with Gasteiger partial charge in [0.1, 0.15) is 6.04 Å². The van der Waals surface area contributed by atoms with Gasteiger partial charge in [0.05, 0.1) is 12.5 Å². The molecule has 1 aromatic rings. The third kappa shape index (κ3) is 3.50. The second-order valence-corrected chi connectivity index (χ2v) is 4.72. The molecule has 0 saturated carbocycles. The van der Waals surface area contributed by atoms with E-state index in [0.717, 1.165) is 5.69 Å². The zero-order valence-electron chi connectivity index (χ0n) is 10.5. The van der Waals surface area contributed by atoms with Gasteiger partial charge in [0.15, 0.2) is 0 Å². The zero-order valence-corrected chi connectivity index (χ0v) is 10.5. The molecule has 3 heteroatoms. The van der Waals surface area contributed by atoms with Gasteiger partial charge in [-0.3, -0.25) is 0 Å². The first kappa shape index (κ1) is 13.1. The molecule has 0 saturated heterocycles. The first-order valence-corrected chi connectivity index (χ1v) is 5.56. The molecule has 0 N–H and O–H groups in total. The molecule has 1 unspecified atom stereocenters. The Morgan fingerprint density at radius 1 is 1.41 bits per heavy atom. The lowest BCUT2D eigenvalue weighted by Gasteiger charge is -2.26. The Bertz CT molecular complexity index is 437. The fourth-order valence-electron chi connectivity index (χ4n) is 1.63. The third-order valence-electron chi connectivity index (χ3n) is 2.78. The van der Waals surface area contributed by atoms with E-state index in [1.165, 1.54) is 0 Å². The van der Waals surface area contributed by atoms with Gasteiger partial charge in [-0.2, -0.15) is 5.26 Å². The number of rotatable bonds is 4. The molecule has 0 aliphatic rings. The molecule has 1 atom stereocenters. The molecule has 0 spiro atoms. The highest BCUT2D eigenvalue weighted by Crippen LogP contribution is 2.22. The van der Waals surface area contributed by atoms with Crippen molar-refractivity contribution < 1.29 is 0 Å². The van der Waals surface area contributed by atoms with Crippen LogP contribution in [-0.4, -0.2) is 18.6 Å². The van der Waals surface area contributed by atoms with Gasteiger partial charge in [0.25, 0.3) is 0 Å². The fraction of sp³-hybridized carbons (Fsp3) is 0.429. The minimum atomic E-state index is -0.497. The molecule has 0 bridgehead atoms. The predicted molar refractivity (Wildman–Crippen MR) is 69.5 cm³/mol. The summed E-state index contributed by atoms with van der Waals surface area (Å²) in [4.78, 5) is 5.48. The average molecular weight is 227 g/mol. The van der Waals surface area contributed by atoms with Gasteiger partial charge in [0, 0.05) is 26.6 Å². The quantitative estimate of drug-likeness (QED) is 0.740. The van der Waals surface area contributed by atoms with Gasteiger partial charge < -0.3 is 9.74 Å². The lowest BCUT2D eigenvalue weighted by Crippen LogP contribution is -2.35. The van der Waals surface area contributed by atoms with Crippen LogP contribution in [0, 0.1) is 17.9 Å². The summed E-state index contributed by atoms with van der Waals surface area (Å²) in [7, 11) is 1.89. The summed E-state index contributed by atoms with van der Waals surface area (Å²) in [5, 5.41) is 9.22. The number of nitrogens with zero attached hydrogens (tertiary/aromatic N) is 3. The number of benzene rings is 1. The van der Waals surface area contributed by atoms with Crippen LogP contribution in [0.4, 0.5) is 5.69 Å². The van der Waals surface area contributed by atoms with Crippen LogP contribution < -0.4 is 4.90 Å². The average Bonchev–Trinajstić information content (AvgIpc) is 2.36. The highest BCUT2D eigenvalue weighted by molar-refractivity contribution is 5.47. The molecular weight excluding hydrogens is 210 g/mol. The van der Waals surface area contributed by atoms with E-state index in [0.29, 0.717) is 6.42 Å². The molecule has 0 aliphatic carbocycles. The Morgan fingerprint density at radius 2 is 2.00 bits per heavy atom. The van der Waals surface area contributed by atoms with Crippen molar-refractivity contribution in [2.75, 3.05) is 11.9 Å². The molecule has 0 aromatic heterocycles. The van der Waals surface area contributed by atoms with Crippen LogP contribution in [0.5, 0.6) is 0 Å². The van der Waals surface area contributed by atoms with Crippen molar-refractivity contribution in [3.05, 3.63) is 41.7 Å². The van der Waals surface area contributed by atoms with Gasteiger partial charge >= 0.3 is 0 Å². The largest absolute Gasteiger partial charge is 0.359 e. The standard InChI is InChI=1S/C14H17N3/c1-14(2,16-3)10-13(11-15)17(4)12-8-6-5-7-9-12/h5-9,13H,10H2,1-2,4H3. The van der Waals surface area contributed by atoms with Gasteiger partial charge in [-0.15, -0.1) is 0 Å². The summed E-state index contributed by atoms with van der Waals surface area (Å²) >= 11 is 0. The lowest BCUT2D eigenvalue weighted by molar-refractivity contribution is 0.515. The number of para-hydroxylation sites is 1. The smallest absolute Gasteiger partial charge is 0.230 e. The van der Waals surface area contributed by atoms with E-state index in [9.17, 15) is 5.26 Å². The predicted octanol–water partition coefficient (Wildman–Crippen LogP) is 3.10. The summed E-state index contributed by atoms with van der Waals surface area (Å²) in [5.41, 5.74) is 0.503. The van der Waals surface area contributed by atoms with Crippen molar-refractivity contribution in [2.24, 2.45) is 0 Å². The first-order valence-electron chi connectivity index (χ1n) is 5.56.